The van der Waals surface area contributed by atoms with Gasteiger partial charge in [0.25, 0.3) is 5.91 Å². The summed E-state index contributed by atoms with van der Waals surface area (Å²) in [7, 11) is 0. The third-order valence-electron chi connectivity index (χ3n) is 5.65. The van der Waals surface area contributed by atoms with E-state index < -0.39 is 0 Å². The van der Waals surface area contributed by atoms with Crippen LogP contribution >= 0.6 is 11.3 Å². The maximum atomic E-state index is 12.4. The highest BCUT2D eigenvalue weighted by Gasteiger charge is 2.15. The molecule has 7 heteroatoms. The first kappa shape index (κ1) is 20.8. The van der Waals surface area contributed by atoms with Gasteiger partial charge in [0.2, 0.25) is 0 Å². The Morgan fingerprint density at radius 2 is 2.00 bits per heavy atom. The lowest BCUT2D eigenvalue weighted by Crippen LogP contribution is -2.34. The van der Waals surface area contributed by atoms with Gasteiger partial charge in [-0.2, -0.15) is 5.10 Å². The molecule has 1 saturated heterocycles. The molecular weight excluding hydrogens is 394 g/mol. The van der Waals surface area contributed by atoms with E-state index in [2.05, 4.69) is 27.2 Å². The van der Waals surface area contributed by atoms with Gasteiger partial charge in [0.1, 0.15) is 10.7 Å². The number of rotatable bonds is 8. The Morgan fingerprint density at radius 1 is 1.20 bits per heavy atom. The molecule has 2 aromatic heterocycles. The Kier molecular flexibility index (Phi) is 6.92. The molecule has 0 atom stereocenters. The van der Waals surface area contributed by atoms with Crippen LogP contribution in [0.25, 0.3) is 16.3 Å². The van der Waals surface area contributed by atoms with Crippen molar-refractivity contribution in [2.75, 3.05) is 26.2 Å². The number of para-hydroxylation sites is 1. The average molecular weight is 424 g/mol. The molecule has 0 aliphatic carbocycles. The van der Waals surface area contributed by atoms with Crippen LogP contribution in [0.15, 0.2) is 48.1 Å². The van der Waals surface area contributed by atoms with Crippen molar-refractivity contribution in [1.29, 1.82) is 0 Å². The molecule has 4 rings (SSSR count). The van der Waals surface area contributed by atoms with Gasteiger partial charge in [-0.3, -0.25) is 4.79 Å². The summed E-state index contributed by atoms with van der Waals surface area (Å²) in [6.45, 7) is 6.61. The summed E-state index contributed by atoms with van der Waals surface area (Å²) < 4.78 is 1.82. The van der Waals surface area contributed by atoms with Gasteiger partial charge in [0.15, 0.2) is 0 Å². The van der Waals surface area contributed by atoms with E-state index in [1.54, 1.807) is 6.20 Å². The van der Waals surface area contributed by atoms with E-state index in [1.807, 2.05) is 46.6 Å². The summed E-state index contributed by atoms with van der Waals surface area (Å²) in [6.07, 6.45) is 8.47. The van der Waals surface area contributed by atoms with Crippen LogP contribution in [0.3, 0.4) is 0 Å². The molecule has 0 bridgehead atoms. The van der Waals surface area contributed by atoms with Gasteiger partial charge in [0, 0.05) is 23.7 Å². The molecule has 0 radical (unpaired) electrons. The summed E-state index contributed by atoms with van der Waals surface area (Å²) in [5, 5.41) is 10.0. The Morgan fingerprint density at radius 3 is 2.80 bits per heavy atom. The van der Waals surface area contributed by atoms with Crippen molar-refractivity contribution in [3.8, 4) is 16.3 Å². The van der Waals surface area contributed by atoms with Gasteiger partial charge in [-0.1, -0.05) is 25.1 Å². The third kappa shape index (κ3) is 5.34. The van der Waals surface area contributed by atoms with Crippen LogP contribution in [-0.4, -0.2) is 51.8 Å². The average Bonchev–Trinajstić information content (AvgIpc) is 3.45. The van der Waals surface area contributed by atoms with Gasteiger partial charge in [-0.15, -0.1) is 11.3 Å². The minimum absolute atomic E-state index is 0.0975. The number of thiazole rings is 1. The van der Waals surface area contributed by atoms with Crippen molar-refractivity contribution in [2.24, 2.45) is 5.92 Å². The number of unbranched alkanes of at least 4 members (excludes halogenated alkanes) is 1. The normalized spacial score (nSPS) is 15.4. The van der Waals surface area contributed by atoms with Crippen LogP contribution in [0, 0.1) is 5.92 Å². The van der Waals surface area contributed by atoms with Crippen molar-refractivity contribution in [3.63, 3.8) is 0 Å². The van der Waals surface area contributed by atoms with Crippen LogP contribution in [0.2, 0.25) is 0 Å². The molecular formula is C23H29N5OS. The number of carbonyl (C=O) groups is 1. The standard InChI is InChI=1S/C23H29N5OS/c1-18-9-13-27(14-10-18)12-6-5-11-24-22(29)21-17-30-23(26-21)19-15-25-28(16-19)20-7-3-2-4-8-20/h2-4,7-8,15-18H,5-6,9-14H2,1H3,(H,24,29). The lowest BCUT2D eigenvalue weighted by Gasteiger charge is -2.30. The molecule has 0 unspecified atom stereocenters. The van der Waals surface area contributed by atoms with Gasteiger partial charge in [0.05, 0.1) is 11.9 Å². The quantitative estimate of drug-likeness (QED) is 0.551. The first-order chi connectivity index (χ1) is 14.7. The number of hydrogen-bond acceptors (Lipinski definition) is 5. The minimum Gasteiger partial charge on any atom is -0.351 e. The number of likely N-dealkylation sites (tertiary alicyclic amines) is 1. The Balaban J connectivity index is 1.23. The lowest BCUT2D eigenvalue weighted by atomic mass is 9.99. The maximum absolute atomic E-state index is 12.4. The minimum atomic E-state index is -0.0975. The molecule has 3 aromatic rings. The van der Waals surface area contributed by atoms with E-state index in [0.29, 0.717) is 12.2 Å². The zero-order chi connectivity index (χ0) is 20.8. The Hall–Kier alpha value is -2.51. The maximum Gasteiger partial charge on any atom is 0.270 e. The molecule has 30 heavy (non-hydrogen) atoms. The number of nitrogens with zero attached hydrogens (tertiary/aromatic N) is 4. The van der Waals surface area contributed by atoms with Crippen LogP contribution in [0.4, 0.5) is 0 Å². The van der Waals surface area contributed by atoms with E-state index in [1.165, 1.54) is 37.3 Å². The fourth-order valence-electron chi connectivity index (χ4n) is 3.70. The van der Waals surface area contributed by atoms with E-state index >= 15 is 0 Å². The highest BCUT2D eigenvalue weighted by molar-refractivity contribution is 7.13. The van der Waals surface area contributed by atoms with Crippen molar-refractivity contribution < 1.29 is 4.79 Å². The van der Waals surface area contributed by atoms with Crippen molar-refractivity contribution in [2.45, 2.75) is 32.6 Å². The predicted octanol–water partition coefficient (Wildman–Crippen LogP) is 4.24. The predicted molar refractivity (Wildman–Crippen MR) is 121 cm³/mol. The first-order valence-electron chi connectivity index (χ1n) is 10.8. The Bertz CT molecular complexity index is 943. The van der Waals surface area contributed by atoms with E-state index in [0.717, 1.165) is 41.6 Å². The van der Waals surface area contributed by atoms with Crippen LogP contribution < -0.4 is 5.32 Å². The van der Waals surface area contributed by atoms with Gasteiger partial charge < -0.3 is 10.2 Å². The highest BCUT2D eigenvalue weighted by Crippen LogP contribution is 2.24. The van der Waals surface area contributed by atoms with Gasteiger partial charge in [-0.25, -0.2) is 9.67 Å². The van der Waals surface area contributed by atoms with Crippen molar-refractivity contribution in [3.05, 3.63) is 53.8 Å². The largest absolute Gasteiger partial charge is 0.351 e. The molecule has 158 valence electrons. The molecule has 1 aromatic carbocycles. The summed E-state index contributed by atoms with van der Waals surface area (Å²) in [4.78, 5) is 19.5. The third-order valence-corrected chi connectivity index (χ3v) is 6.54. The van der Waals surface area contributed by atoms with Crippen molar-refractivity contribution in [1.82, 2.24) is 25.0 Å². The van der Waals surface area contributed by atoms with Gasteiger partial charge in [-0.05, 0) is 63.4 Å². The van der Waals surface area contributed by atoms with Crippen LogP contribution in [0.1, 0.15) is 43.1 Å². The number of nitrogens with one attached hydrogen (secondary N) is 1. The fourth-order valence-corrected chi connectivity index (χ4v) is 4.48. The molecule has 1 N–H and O–H groups in total. The van der Waals surface area contributed by atoms with Crippen LogP contribution in [-0.2, 0) is 0 Å². The summed E-state index contributed by atoms with van der Waals surface area (Å²) in [6, 6.07) is 9.95. The smallest absolute Gasteiger partial charge is 0.270 e. The van der Waals surface area contributed by atoms with E-state index in [-0.39, 0.29) is 5.91 Å². The van der Waals surface area contributed by atoms with Gasteiger partial charge >= 0.3 is 0 Å². The molecule has 1 aliphatic heterocycles. The number of piperidine rings is 1. The Labute approximate surface area is 181 Å². The molecule has 1 aliphatic rings. The second-order valence-corrected chi connectivity index (χ2v) is 8.89. The second-order valence-electron chi connectivity index (χ2n) is 8.03. The van der Waals surface area contributed by atoms with Crippen LogP contribution in [0.5, 0.6) is 0 Å². The van der Waals surface area contributed by atoms with E-state index in [4.69, 9.17) is 0 Å². The summed E-state index contributed by atoms with van der Waals surface area (Å²) in [5.74, 6) is 0.774. The number of aromatic nitrogens is 3. The second kappa shape index (κ2) is 10.00. The molecule has 0 saturated carbocycles. The molecule has 1 fully saturated rings. The molecule has 3 heterocycles. The number of carbonyl (C=O) groups excluding carboxylic acids is 1. The number of hydrogen-bond donors (Lipinski definition) is 1. The molecule has 6 nitrogen and oxygen atoms in total. The topological polar surface area (TPSA) is 63.1 Å². The monoisotopic (exact) mass is 423 g/mol. The zero-order valence-corrected chi connectivity index (χ0v) is 18.3. The fraction of sp³-hybridized carbons (Fsp3) is 0.435. The SMILES string of the molecule is CC1CCN(CCCCNC(=O)c2csc(-c3cnn(-c4ccccc4)c3)n2)CC1. The number of amides is 1. The van der Waals surface area contributed by atoms with Crippen molar-refractivity contribution >= 4 is 17.2 Å². The zero-order valence-electron chi connectivity index (χ0n) is 17.5. The summed E-state index contributed by atoms with van der Waals surface area (Å²) in [5.41, 5.74) is 2.39. The molecule has 0 spiro atoms. The number of benzene rings is 1. The van der Waals surface area contributed by atoms with E-state index in [9.17, 15) is 4.79 Å². The highest BCUT2D eigenvalue weighted by atomic mass is 32.1. The molecule has 1 amide bonds. The first-order valence-corrected chi connectivity index (χ1v) is 11.6. The lowest BCUT2D eigenvalue weighted by molar-refractivity contribution is 0.0948. The summed E-state index contributed by atoms with van der Waals surface area (Å²) >= 11 is 1.47.